The molecule has 2 aromatic carbocycles. The van der Waals surface area contributed by atoms with Crippen LogP contribution in [0.15, 0.2) is 53.6 Å². The van der Waals surface area contributed by atoms with Crippen LogP contribution in [0.3, 0.4) is 0 Å². The molecule has 0 heterocycles. The highest BCUT2D eigenvalue weighted by Gasteiger charge is 2.27. The summed E-state index contributed by atoms with van der Waals surface area (Å²) >= 11 is 0. The average molecular weight is 396 g/mol. The molecular weight excluding hydrogens is 372 g/mol. The maximum atomic E-state index is 13.2. The predicted octanol–water partition coefficient (Wildman–Crippen LogP) is 4.51. The number of Topliss-reactive ketones (excluding diaryl/α,β-unsaturated/α-hetero) is 1. The van der Waals surface area contributed by atoms with Gasteiger partial charge in [0.1, 0.15) is 5.71 Å². The Balaban J connectivity index is 2.57. The van der Waals surface area contributed by atoms with Gasteiger partial charge in [-0.3, -0.25) is 4.79 Å². The number of benzene rings is 2. The van der Waals surface area contributed by atoms with Gasteiger partial charge in [-0.15, -0.1) is 0 Å². The molecule has 2 aromatic rings. The lowest BCUT2D eigenvalue weighted by molar-refractivity contribution is 0.0823. The summed E-state index contributed by atoms with van der Waals surface area (Å²) < 4.78 is 9.79. The zero-order valence-corrected chi connectivity index (χ0v) is 17.0. The van der Waals surface area contributed by atoms with Gasteiger partial charge in [-0.2, -0.15) is 5.10 Å². The second-order valence-electron chi connectivity index (χ2n) is 6.22. The highest BCUT2D eigenvalue weighted by atomic mass is 16.6. The molecule has 0 unspecified atom stereocenters. The van der Waals surface area contributed by atoms with Crippen LogP contribution in [0.1, 0.15) is 40.9 Å². The summed E-state index contributed by atoms with van der Waals surface area (Å²) in [6, 6.07) is 14.0. The molecule has 7 heteroatoms. The average Bonchev–Trinajstić information content (AvgIpc) is 2.70. The van der Waals surface area contributed by atoms with Crippen LogP contribution in [-0.4, -0.2) is 41.9 Å². The Kier molecular flexibility index (Phi) is 7.65. The molecule has 0 aliphatic rings. The third-order valence-corrected chi connectivity index (χ3v) is 3.94. The molecule has 0 fully saturated rings. The van der Waals surface area contributed by atoms with E-state index in [0.717, 1.165) is 11.1 Å². The van der Waals surface area contributed by atoms with Crippen molar-refractivity contribution in [3.63, 3.8) is 0 Å². The van der Waals surface area contributed by atoms with E-state index in [1.54, 1.807) is 50.2 Å². The fourth-order valence-electron chi connectivity index (χ4n) is 2.41. The molecule has 2 amide bonds. The molecule has 0 atom stereocenters. The fourth-order valence-corrected chi connectivity index (χ4v) is 2.41. The molecule has 0 bridgehead atoms. The van der Waals surface area contributed by atoms with Gasteiger partial charge in [-0.25, -0.2) is 9.59 Å². The van der Waals surface area contributed by atoms with E-state index in [1.807, 2.05) is 26.0 Å². The number of carbonyl (C=O) groups is 3. The molecule has 2 rings (SSSR count). The molecule has 0 aliphatic carbocycles. The van der Waals surface area contributed by atoms with Crippen LogP contribution in [0.2, 0.25) is 0 Å². The van der Waals surface area contributed by atoms with Crippen molar-refractivity contribution in [3.05, 3.63) is 70.8 Å². The normalized spacial score (nSPS) is 11.0. The lowest BCUT2D eigenvalue weighted by Gasteiger charge is -2.16. The third kappa shape index (κ3) is 5.75. The van der Waals surface area contributed by atoms with E-state index in [1.165, 1.54) is 0 Å². The van der Waals surface area contributed by atoms with E-state index in [9.17, 15) is 14.4 Å². The Morgan fingerprint density at radius 1 is 0.759 bits per heavy atom. The highest BCUT2D eigenvalue weighted by molar-refractivity contribution is 6.51. The van der Waals surface area contributed by atoms with Crippen LogP contribution < -0.4 is 0 Å². The van der Waals surface area contributed by atoms with Crippen LogP contribution >= 0.6 is 0 Å². The summed E-state index contributed by atoms with van der Waals surface area (Å²) in [5.41, 5.74) is 2.75. The maximum absolute atomic E-state index is 13.2. The second-order valence-corrected chi connectivity index (χ2v) is 6.22. The minimum Gasteiger partial charge on any atom is -0.448 e. The van der Waals surface area contributed by atoms with Crippen LogP contribution in [0.5, 0.6) is 0 Å². The molecule has 0 saturated heterocycles. The molecule has 0 radical (unpaired) electrons. The number of nitrogens with zero attached hydrogens (tertiary/aromatic N) is 2. The number of amides is 2. The van der Waals surface area contributed by atoms with Crippen molar-refractivity contribution in [2.75, 3.05) is 13.2 Å². The number of hydrogen-bond donors (Lipinski definition) is 0. The van der Waals surface area contributed by atoms with Crippen LogP contribution in [0.4, 0.5) is 9.59 Å². The molecule has 0 N–H and O–H groups in total. The molecule has 0 spiro atoms. The van der Waals surface area contributed by atoms with Crippen molar-refractivity contribution in [3.8, 4) is 0 Å². The molecule has 7 nitrogen and oxygen atoms in total. The summed E-state index contributed by atoms with van der Waals surface area (Å²) in [5, 5.41) is 4.50. The number of imide groups is 1. The predicted molar refractivity (Wildman–Crippen MR) is 109 cm³/mol. The number of ketones is 1. The van der Waals surface area contributed by atoms with Crippen molar-refractivity contribution in [1.29, 1.82) is 0 Å². The number of ether oxygens (including phenoxy) is 2. The Labute approximate surface area is 169 Å². The minimum absolute atomic E-state index is 0.0377. The number of aryl methyl sites for hydroxylation is 2. The lowest BCUT2D eigenvalue weighted by Crippen LogP contribution is -2.36. The first-order valence-electron chi connectivity index (χ1n) is 9.28. The molecule has 152 valence electrons. The maximum Gasteiger partial charge on any atom is 0.440 e. The smallest absolute Gasteiger partial charge is 0.440 e. The van der Waals surface area contributed by atoms with Gasteiger partial charge in [-0.05, 0) is 27.7 Å². The van der Waals surface area contributed by atoms with Gasteiger partial charge in [0, 0.05) is 11.1 Å². The van der Waals surface area contributed by atoms with Crippen molar-refractivity contribution < 1.29 is 23.9 Å². The first kappa shape index (κ1) is 21.8. The van der Waals surface area contributed by atoms with Gasteiger partial charge >= 0.3 is 12.2 Å². The Bertz CT molecular complexity index is 884. The van der Waals surface area contributed by atoms with Crippen molar-refractivity contribution in [2.45, 2.75) is 27.7 Å². The van der Waals surface area contributed by atoms with Gasteiger partial charge < -0.3 is 9.47 Å². The zero-order valence-electron chi connectivity index (χ0n) is 17.0. The van der Waals surface area contributed by atoms with E-state index < -0.39 is 18.0 Å². The Hall–Kier alpha value is -3.48. The van der Waals surface area contributed by atoms with Crippen molar-refractivity contribution >= 4 is 23.7 Å². The number of hydrogen-bond acceptors (Lipinski definition) is 6. The lowest BCUT2D eigenvalue weighted by atomic mass is 9.99. The monoisotopic (exact) mass is 396 g/mol. The van der Waals surface area contributed by atoms with Crippen LogP contribution in [0, 0.1) is 13.8 Å². The number of hydrazone groups is 1. The molecule has 29 heavy (non-hydrogen) atoms. The third-order valence-electron chi connectivity index (χ3n) is 3.94. The number of carbonyl (C=O) groups excluding carboxylic acids is 3. The van der Waals surface area contributed by atoms with E-state index in [4.69, 9.17) is 9.47 Å². The van der Waals surface area contributed by atoms with Crippen molar-refractivity contribution in [1.82, 2.24) is 5.01 Å². The van der Waals surface area contributed by atoms with Crippen LogP contribution in [-0.2, 0) is 9.47 Å². The number of rotatable bonds is 6. The standard InChI is InChI=1S/C22H24N2O5/c1-5-28-21(26)24(22(27)29-6-2)23-19(17-11-7-15(3)8-12-17)20(25)18-13-9-16(4)10-14-18/h7-14H,5-6H2,1-4H3/b23-19+. The summed E-state index contributed by atoms with van der Waals surface area (Å²) in [4.78, 5) is 37.7. The quantitative estimate of drug-likeness (QED) is 0.407. The largest absolute Gasteiger partial charge is 0.448 e. The SMILES string of the molecule is CCOC(=O)N(/N=C(/C(=O)c1ccc(C)cc1)c1ccc(C)cc1)C(=O)OCC. The molecule has 0 aromatic heterocycles. The summed E-state index contributed by atoms with van der Waals surface area (Å²) in [6.45, 7) is 7.09. The summed E-state index contributed by atoms with van der Waals surface area (Å²) in [5.74, 6) is -0.438. The van der Waals surface area contributed by atoms with E-state index in [-0.39, 0.29) is 18.9 Å². The van der Waals surface area contributed by atoms with Gasteiger partial charge in [-0.1, -0.05) is 64.7 Å². The molecule has 0 aliphatic heterocycles. The fraction of sp³-hybridized carbons (Fsp3) is 0.273. The van der Waals surface area contributed by atoms with Gasteiger partial charge in [0.15, 0.2) is 0 Å². The minimum atomic E-state index is -1.02. The van der Waals surface area contributed by atoms with Gasteiger partial charge in [0.05, 0.1) is 13.2 Å². The zero-order chi connectivity index (χ0) is 21.4. The first-order chi connectivity index (χ1) is 13.9. The molecular formula is C22H24N2O5. The Morgan fingerprint density at radius 2 is 1.17 bits per heavy atom. The Morgan fingerprint density at radius 3 is 1.59 bits per heavy atom. The summed E-state index contributed by atoms with van der Waals surface area (Å²) in [7, 11) is 0. The molecule has 0 saturated carbocycles. The van der Waals surface area contributed by atoms with Gasteiger partial charge in [0.2, 0.25) is 5.78 Å². The second kappa shape index (κ2) is 10.2. The van der Waals surface area contributed by atoms with E-state index in [0.29, 0.717) is 16.1 Å². The van der Waals surface area contributed by atoms with Crippen LogP contribution in [0.25, 0.3) is 0 Å². The highest BCUT2D eigenvalue weighted by Crippen LogP contribution is 2.14. The van der Waals surface area contributed by atoms with Gasteiger partial charge in [0.25, 0.3) is 0 Å². The summed E-state index contributed by atoms with van der Waals surface area (Å²) in [6.07, 6.45) is -2.04. The first-order valence-corrected chi connectivity index (χ1v) is 9.28. The van der Waals surface area contributed by atoms with E-state index in [2.05, 4.69) is 5.10 Å². The van der Waals surface area contributed by atoms with Crippen molar-refractivity contribution in [2.24, 2.45) is 5.10 Å². The van der Waals surface area contributed by atoms with E-state index >= 15 is 0 Å². The topological polar surface area (TPSA) is 85.3 Å².